The van der Waals surface area contributed by atoms with E-state index in [1.165, 1.54) is 23.3 Å². The molecule has 0 radical (unpaired) electrons. The number of carbonyl (C=O) groups is 2. The lowest BCUT2D eigenvalue weighted by Gasteiger charge is -2.25. The number of amides is 3. The van der Waals surface area contributed by atoms with E-state index in [9.17, 15) is 14.0 Å². The zero-order valence-corrected chi connectivity index (χ0v) is 14.9. The van der Waals surface area contributed by atoms with Crippen molar-refractivity contribution in [3.05, 3.63) is 42.0 Å². The quantitative estimate of drug-likeness (QED) is 0.762. The molecule has 0 unspecified atom stereocenters. The average Bonchev–Trinajstić information content (AvgIpc) is 3.15. The summed E-state index contributed by atoms with van der Waals surface area (Å²) >= 11 is 0. The molecule has 0 spiro atoms. The summed E-state index contributed by atoms with van der Waals surface area (Å²) in [5, 5.41) is 2.86. The van der Waals surface area contributed by atoms with Crippen molar-refractivity contribution in [2.24, 2.45) is 0 Å². The zero-order valence-electron chi connectivity index (χ0n) is 14.9. The Morgan fingerprint density at radius 3 is 2.62 bits per heavy atom. The summed E-state index contributed by atoms with van der Waals surface area (Å²) in [6.45, 7) is 4.00. The van der Waals surface area contributed by atoms with Gasteiger partial charge in [0.2, 0.25) is 5.89 Å². The summed E-state index contributed by atoms with van der Waals surface area (Å²) in [4.78, 5) is 30.7. The molecule has 0 atom stereocenters. The third-order valence-corrected chi connectivity index (χ3v) is 4.54. The van der Waals surface area contributed by atoms with Crippen molar-refractivity contribution in [3.8, 4) is 11.5 Å². The van der Waals surface area contributed by atoms with E-state index in [0.29, 0.717) is 24.1 Å². The summed E-state index contributed by atoms with van der Waals surface area (Å²) in [6, 6.07) is 5.49. The Bertz CT molecular complexity index is 812. The molecule has 7 heteroatoms. The lowest BCUT2D eigenvalue weighted by molar-refractivity contribution is -0.132. The Balaban J connectivity index is 1.79. The Labute approximate surface area is 151 Å². The van der Waals surface area contributed by atoms with Gasteiger partial charge in [-0.15, -0.1) is 0 Å². The molecular formula is C19H22FN3O3. The lowest BCUT2D eigenvalue weighted by Crippen LogP contribution is -2.46. The molecule has 0 bridgehead atoms. The van der Waals surface area contributed by atoms with Crippen LogP contribution in [0.3, 0.4) is 0 Å². The summed E-state index contributed by atoms with van der Waals surface area (Å²) in [6.07, 6.45) is 4.20. The Hall–Kier alpha value is -2.70. The fourth-order valence-corrected chi connectivity index (χ4v) is 3.43. The first kappa shape index (κ1) is 18.1. The highest BCUT2D eigenvalue weighted by molar-refractivity contribution is 6.06. The third-order valence-electron chi connectivity index (χ3n) is 4.54. The molecule has 1 saturated heterocycles. The van der Waals surface area contributed by atoms with Crippen LogP contribution in [0.1, 0.15) is 45.2 Å². The van der Waals surface area contributed by atoms with E-state index in [0.717, 1.165) is 12.8 Å². The smallest absolute Gasteiger partial charge is 0.325 e. The topological polar surface area (TPSA) is 75.4 Å². The molecule has 2 heterocycles. The van der Waals surface area contributed by atoms with Crippen LogP contribution >= 0.6 is 0 Å². The molecule has 1 aromatic heterocycles. The number of aromatic nitrogens is 1. The molecule has 138 valence electrons. The standard InChI is InChI=1S/C19H22FN3O3/c1-3-8-19(9-4-2)17(24)23(18(25)22-19)11-15-12-26-16(21-15)13-6-5-7-14(20)10-13/h5-7,10,12H,3-4,8-9,11H2,1-2H3,(H,22,25). The predicted molar refractivity (Wildman–Crippen MR) is 93.5 cm³/mol. The molecule has 1 aliphatic heterocycles. The van der Waals surface area contributed by atoms with Crippen molar-refractivity contribution in [1.82, 2.24) is 15.2 Å². The van der Waals surface area contributed by atoms with Gasteiger partial charge in [-0.3, -0.25) is 9.69 Å². The monoisotopic (exact) mass is 359 g/mol. The second-order valence-electron chi connectivity index (χ2n) is 6.56. The number of urea groups is 1. The van der Waals surface area contributed by atoms with Gasteiger partial charge in [-0.1, -0.05) is 32.8 Å². The molecule has 0 saturated carbocycles. The van der Waals surface area contributed by atoms with E-state index in [4.69, 9.17) is 4.42 Å². The van der Waals surface area contributed by atoms with Gasteiger partial charge in [0, 0.05) is 5.56 Å². The fraction of sp³-hybridized carbons (Fsp3) is 0.421. The highest BCUT2D eigenvalue weighted by Gasteiger charge is 2.49. The lowest BCUT2D eigenvalue weighted by atomic mass is 9.88. The van der Waals surface area contributed by atoms with Crippen LogP contribution in [-0.2, 0) is 11.3 Å². The average molecular weight is 359 g/mol. The van der Waals surface area contributed by atoms with Crippen LogP contribution in [0.25, 0.3) is 11.5 Å². The van der Waals surface area contributed by atoms with Crippen molar-refractivity contribution in [2.45, 2.75) is 51.6 Å². The van der Waals surface area contributed by atoms with Gasteiger partial charge in [0.05, 0.1) is 12.2 Å². The first-order valence-corrected chi connectivity index (χ1v) is 8.83. The molecular weight excluding hydrogens is 337 g/mol. The number of nitrogens with one attached hydrogen (secondary N) is 1. The van der Waals surface area contributed by atoms with Crippen LogP contribution in [0, 0.1) is 5.82 Å². The number of halogens is 1. The van der Waals surface area contributed by atoms with Gasteiger partial charge >= 0.3 is 6.03 Å². The van der Waals surface area contributed by atoms with Gasteiger partial charge in [-0.25, -0.2) is 14.2 Å². The van der Waals surface area contributed by atoms with Gasteiger partial charge in [0.15, 0.2) is 0 Å². The Kier molecular flexibility index (Phi) is 5.06. The molecule has 1 aliphatic rings. The fourth-order valence-electron chi connectivity index (χ4n) is 3.43. The Morgan fingerprint density at radius 2 is 1.96 bits per heavy atom. The molecule has 6 nitrogen and oxygen atoms in total. The normalized spacial score (nSPS) is 16.2. The maximum absolute atomic E-state index is 13.3. The minimum absolute atomic E-state index is 0.0264. The number of hydrogen-bond acceptors (Lipinski definition) is 4. The number of oxazole rings is 1. The maximum atomic E-state index is 13.3. The molecule has 3 amide bonds. The number of nitrogens with zero attached hydrogens (tertiary/aromatic N) is 2. The second-order valence-corrected chi connectivity index (χ2v) is 6.56. The van der Waals surface area contributed by atoms with E-state index >= 15 is 0 Å². The summed E-state index contributed by atoms with van der Waals surface area (Å²) in [5.41, 5.74) is 0.117. The molecule has 1 fully saturated rings. The van der Waals surface area contributed by atoms with Crippen LogP contribution < -0.4 is 5.32 Å². The number of imide groups is 1. The molecule has 2 aromatic rings. The number of hydrogen-bond donors (Lipinski definition) is 1. The highest BCUT2D eigenvalue weighted by Crippen LogP contribution is 2.29. The van der Waals surface area contributed by atoms with Crippen LogP contribution in [0.15, 0.2) is 34.9 Å². The number of carbonyl (C=O) groups excluding carboxylic acids is 2. The summed E-state index contributed by atoms with van der Waals surface area (Å²) in [5.74, 6) is -0.360. The summed E-state index contributed by atoms with van der Waals surface area (Å²) < 4.78 is 18.7. The molecule has 26 heavy (non-hydrogen) atoms. The largest absolute Gasteiger partial charge is 0.444 e. The molecule has 3 rings (SSSR count). The minimum Gasteiger partial charge on any atom is -0.444 e. The minimum atomic E-state index is -0.824. The maximum Gasteiger partial charge on any atom is 0.325 e. The van der Waals surface area contributed by atoms with Crippen molar-refractivity contribution >= 4 is 11.9 Å². The van der Waals surface area contributed by atoms with Crippen molar-refractivity contribution in [2.75, 3.05) is 0 Å². The highest BCUT2D eigenvalue weighted by atomic mass is 19.1. The van der Waals surface area contributed by atoms with E-state index in [2.05, 4.69) is 10.3 Å². The number of rotatable bonds is 7. The number of benzene rings is 1. The van der Waals surface area contributed by atoms with Crippen molar-refractivity contribution in [1.29, 1.82) is 0 Å². The first-order chi connectivity index (χ1) is 12.5. The second kappa shape index (κ2) is 7.27. The van der Waals surface area contributed by atoms with Crippen LogP contribution in [-0.4, -0.2) is 27.4 Å². The molecule has 0 aliphatic carbocycles. The summed E-state index contributed by atoms with van der Waals surface area (Å²) in [7, 11) is 0. The van der Waals surface area contributed by atoms with Crippen LogP contribution in [0.2, 0.25) is 0 Å². The zero-order chi connectivity index (χ0) is 18.7. The van der Waals surface area contributed by atoms with E-state index in [-0.39, 0.29) is 24.2 Å². The van der Waals surface area contributed by atoms with Crippen LogP contribution in [0.5, 0.6) is 0 Å². The van der Waals surface area contributed by atoms with Gasteiger partial charge in [0.1, 0.15) is 17.6 Å². The predicted octanol–water partition coefficient (Wildman–Crippen LogP) is 3.87. The van der Waals surface area contributed by atoms with Crippen molar-refractivity contribution in [3.63, 3.8) is 0 Å². The Morgan fingerprint density at radius 1 is 1.23 bits per heavy atom. The van der Waals surface area contributed by atoms with E-state index in [1.54, 1.807) is 12.1 Å². The van der Waals surface area contributed by atoms with E-state index < -0.39 is 11.6 Å². The van der Waals surface area contributed by atoms with Gasteiger partial charge in [0.25, 0.3) is 5.91 Å². The van der Waals surface area contributed by atoms with Gasteiger partial charge in [-0.05, 0) is 31.0 Å². The van der Waals surface area contributed by atoms with Crippen LogP contribution in [0.4, 0.5) is 9.18 Å². The first-order valence-electron chi connectivity index (χ1n) is 8.83. The third kappa shape index (κ3) is 3.34. The van der Waals surface area contributed by atoms with E-state index in [1.807, 2.05) is 13.8 Å². The molecule has 1 N–H and O–H groups in total. The van der Waals surface area contributed by atoms with Crippen molar-refractivity contribution < 1.29 is 18.4 Å². The van der Waals surface area contributed by atoms with Gasteiger partial charge < -0.3 is 9.73 Å². The molecule has 1 aromatic carbocycles. The van der Waals surface area contributed by atoms with Gasteiger partial charge in [-0.2, -0.15) is 0 Å². The SMILES string of the molecule is CCCC1(CCC)NC(=O)N(Cc2coc(-c3cccc(F)c3)n2)C1=O.